The van der Waals surface area contributed by atoms with Crippen LogP contribution in [0, 0.1) is 10.8 Å². The maximum Gasteiger partial charge on any atom is 0.309 e. The van der Waals surface area contributed by atoms with Crippen LogP contribution in [-0.4, -0.2) is 16.0 Å². The van der Waals surface area contributed by atoms with Gasteiger partial charge in [0, 0.05) is 4.87 Å². The van der Waals surface area contributed by atoms with Crippen molar-refractivity contribution in [3.63, 3.8) is 0 Å². The van der Waals surface area contributed by atoms with Gasteiger partial charge in [-0.3, -0.25) is 4.79 Å². The number of aliphatic carboxylic acids is 1. The van der Waals surface area contributed by atoms with E-state index in [0.717, 1.165) is 0 Å². The Morgan fingerprint density at radius 3 is 1.46 bits per heavy atom. The predicted octanol–water partition coefficient (Wildman–Crippen LogP) is 3.14. The molecule has 2 nitrogen and oxygen atoms in total. The van der Waals surface area contributed by atoms with Crippen LogP contribution >= 0.6 is 11.6 Å². The maximum absolute atomic E-state index is 11.1. The van der Waals surface area contributed by atoms with E-state index in [9.17, 15) is 4.79 Å². The van der Waals surface area contributed by atoms with Crippen LogP contribution in [0.25, 0.3) is 0 Å². The Morgan fingerprint density at radius 1 is 1.08 bits per heavy atom. The second-order valence-electron chi connectivity index (χ2n) is 5.03. The smallest absolute Gasteiger partial charge is 0.309 e. The van der Waals surface area contributed by atoms with Crippen molar-refractivity contribution in [3.05, 3.63) is 0 Å². The minimum absolute atomic E-state index is 0.479. The summed E-state index contributed by atoms with van der Waals surface area (Å²) in [7, 11) is 0. The fraction of sp³-hybridized carbons (Fsp3) is 0.900. The number of hydrogen-bond acceptors (Lipinski definition) is 1. The fourth-order valence-electron chi connectivity index (χ4n) is 1.01. The molecule has 0 aromatic carbocycles. The van der Waals surface area contributed by atoms with Gasteiger partial charge in [0.2, 0.25) is 0 Å². The fourth-order valence-corrected chi connectivity index (χ4v) is 1.25. The van der Waals surface area contributed by atoms with Gasteiger partial charge < -0.3 is 5.11 Å². The van der Waals surface area contributed by atoms with E-state index in [0.29, 0.717) is 0 Å². The zero-order valence-electron chi connectivity index (χ0n) is 9.23. The Labute approximate surface area is 85.3 Å². The summed E-state index contributed by atoms with van der Waals surface area (Å²) in [6.07, 6.45) is 0. The molecule has 0 bridgehead atoms. The van der Waals surface area contributed by atoms with E-state index in [-0.39, 0.29) is 0 Å². The number of carbonyl (C=O) groups is 1. The van der Waals surface area contributed by atoms with Crippen LogP contribution in [0.1, 0.15) is 41.5 Å². The molecule has 1 N–H and O–H groups in total. The van der Waals surface area contributed by atoms with Crippen molar-refractivity contribution in [2.24, 2.45) is 10.8 Å². The van der Waals surface area contributed by atoms with E-state index in [1.165, 1.54) is 0 Å². The van der Waals surface area contributed by atoms with Crippen molar-refractivity contribution in [1.82, 2.24) is 0 Å². The van der Waals surface area contributed by atoms with Crippen LogP contribution in [0.2, 0.25) is 0 Å². The van der Waals surface area contributed by atoms with Gasteiger partial charge in [-0.1, -0.05) is 13.8 Å². The average Bonchev–Trinajstić information content (AvgIpc) is 1.84. The molecule has 3 heteroatoms. The topological polar surface area (TPSA) is 37.3 Å². The quantitative estimate of drug-likeness (QED) is 0.721. The zero-order valence-corrected chi connectivity index (χ0v) is 9.99. The minimum Gasteiger partial charge on any atom is -0.481 e. The number of hydrogen-bond donors (Lipinski definition) is 1. The molecule has 0 saturated heterocycles. The van der Waals surface area contributed by atoms with Gasteiger partial charge in [0.05, 0.1) is 5.41 Å². The molecule has 0 amide bonds. The van der Waals surface area contributed by atoms with E-state index in [2.05, 4.69) is 0 Å². The molecule has 0 atom stereocenters. The molecule has 0 aromatic rings. The van der Waals surface area contributed by atoms with Crippen LogP contribution in [0.5, 0.6) is 0 Å². The summed E-state index contributed by atoms with van der Waals surface area (Å²) in [5.41, 5.74) is -1.31. The third-order valence-electron chi connectivity index (χ3n) is 3.58. The Morgan fingerprint density at radius 2 is 1.38 bits per heavy atom. The molecule has 0 radical (unpaired) electrons. The van der Waals surface area contributed by atoms with Gasteiger partial charge in [-0.15, -0.1) is 11.6 Å². The third kappa shape index (κ3) is 1.98. The van der Waals surface area contributed by atoms with Crippen LogP contribution in [0.3, 0.4) is 0 Å². The molecule has 0 unspecified atom stereocenters. The highest BCUT2D eigenvalue weighted by molar-refractivity contribution is 6.24. The summed E-state index contributed by atoms with van der Waals surface area (Å²) < 4.78 is 0. The highest BCUT2D eigenvalue weighted by Crippen LogP contribution is 2.49. The second-order valence-corrected chi connectivity index (χ2v) is 5.97. The summed E-state index contributed by atoms with van der Waals surface area (Å²) in [5.74, 6) is -0.814. The Balaban J connectivity index is 5.16. The van der Waals surface area contributed by atoms with E-state index < -0.39 is 21.7 Å². The first-order chi connectivity index (χ1) is 5.44. The highest BCUT2D eigenvalue weighted by Gasteiger charge is 2.51. The maximum atomic E-state index is 11.1. The lowest BCUT2D eigenvalue weighted by atomic mass is 9.61. The van der Waals surface area contributed by atoms with E-state index in [1.54, 1.807) is 13.8 Å². The summed E-state index contributed by atoms with van der Waals surface area (Å²) in [6, 6.07) is 0. The Kier molecular flexibility index (Phi) is 3.10. The van der Waals surface area contributed by atoms with Crippen molar-refractivity contribution >= 4 is 17.6 Å². The largest absolute Gasteiger partial charge is 0.481 e. The summed E-state index contributed by atoms with van der Waals surface area (Å²) >= 11 is 6.19. The molecule has 0 aromatic heterocycles. The van der Waals surface area contributed by atoms with Crippen molar-refractivity contribution in [2.75, 3.05) is 0 Å². The van der Waals surface area contributed by atoms with Crippen molar-refractivity contribution in [1.29, 1.82) is 0 Å². The van der Waals surface area contributed by atoms with Crippen LogP contribution < -0.4 is 0 Å². The number of carboxylic acids is 1. The molecule has 78 valence electrons. The molecule has 0 heterocycles. The molecule has 0 saturated carbocycles. The van der Waals surface area contributed by atoms with Gasteiger partial charge in [-0.05, 0) is 33.1 Å². The minimum atomic E-state index is -0.835. The summed E-state index contributed by atoms with van der Waals surface area (Å²) in [6.45, 7) is 10.9. The van der Waals surface area contributed by atoms with Gasteiger partial charge in [0.15, 0.2) is 0 Å². The lowest BCUT2D eigenvalue weighted by Gasteiger charge is -2.46. The molecule has 13 heavy (non-hydrogen) atoms. The highest BCUT2D eigenvalue weighted by atomic mass is 35.5. The summed E-state index contributed by atoms with van der Waals surface area (Å²) in [5, 5.41) is 9.08. The van der Waals surface area contributed by atoms with Crippen molar-refractivity contribution < 1.29 is 9.90 Å². The monoisotopic (exact) mass is 206 g/mol. The van der Waals surface area contributed by atoms with Gasteiger partial charge in [-0.2, -0.15) is 0 Å². The molecule has 0 aliphatic heterocycles. The molecule has 0 rings (SSSR count). The standard InChI is InChI=1S/C10H19ClO2/c1-8(2,7(12)13)9(3,4)10(5,6)11/h1-6H3,(H,12,13). The van der Waals surface area contributed by atoms with E-state index in [1.807, 2.05) is 27.7 Å². The summed E-state index contributed by atoms with van der Waals surface area (Å²) in [4.78, 5) is 10.5. The van der Waals surface area contributed by atoms with Crippen molar-refractivity contribution in [2.45, 2.75) is 46.4 Å². The second kappa shape index (κ2) is 3.16. The first-order valence-corrected chi connectivity index (χ1v) is 4.74. The van der Waals surface area contributed by atoms with Gasteiger partial charge >= 0.3 is 5.97 Å². The number of carboxylic acid groups (broad SMARTS) is 1. The molecule has 0 aliphatic rings. The average molecular weight is 207 g/mol. The Hall–Kier alpha value is -0.240. The number of halogens is 1. The van der Waals surface area contributed by atoms with E-state index in [4.69, 9.17) is 16.7 Å². The van der Waals surface area contributed by atoms with Gasteiger partial charge in [0.25, 0.3) is 0 Å². The van der Waals surface area contributed by atoms with Crippen LogP contribution in [0.4, 0.5) is 0 Å². The van der Waals surface area contributed by atoms with Crippen LogP contribution in [-0.2, 0) is 4.79 Å². The predicted molar refractivity (Wildman–Crippen MR) is 55.1 cm³/mol. The van der Waals surface area contributed by atoms with Crippen LogP contribution in [0.15, 0.2) is 0 Å². The third-order valence-corrected chi connectivity index (χ3v) is 4.06. The first kappa shape index (κ1) is 12.8. The first-order valence-electron chi connectivity index (χ1n) is 4.37. The lowest BCUT2D eigenvalue weighted by molar-refractivity contribution is -0.155. The molecular formula is C10H19ClO2. The van der Waals surface area contributed by atoms with Crippen molar-refractivity contribution in [3.8, 4) is 0 Å². The molecule has 0 spiro atoms. The number of alkyl halides is 1. The molecule has 0 fully saturated rings. The molecular weight excluding hydrogens is 188 g/mol. The van der Waals surface area contributed by atoms with E-state index >= 15 is 0 Å². The SMILES string of the molecule is CC(C)(Cl)C(C)(C)C(C)(C)C(=O)O. The molecule has 0 aliphatic carbocycles. The number of rotatable bonds is 3. The Bertz CT molecular complexity index is 211. The normalized spacial score (nSPS) is 14.4. The van der Waals surface area contributed by atoms with Gasteiger partial charge in [0.1, 0.15) is 0 Å². The van der Waals surface area contributed by atoms with Gasteiger partial charge in [-0.25, -0.2) is 0 Å². The lowest BCUT2D eigenvalue weighted by Crippen LogP contribution is -2.49. The zero-order chi connectivity index (χ0) is 11.1.